The van der Waals surface area contributed by atoms with E-state index < -0.39 is 5.78 Å². The van der Waals surface area contributed by atoms with E-state index in [0.29, 0.717) is 5.65 Å². The number of hydrogen-bond donors (Lipinski definition) is 1. The molecule has 1 aromatic carbocycles. The van der Waals surface area contributed by atoms with Crippen LogP contribution in [-0.2, 0) is 0 Å². The minimum Gasteiger partial charge on any atom is -0.506 e. The summed E-state index contributed by atoms with van der Waals surface area (Å²) in [5.74, 6) is -0.738. The first-order chi connectivity index (χ1) is 9.56. The largest absolute Gasteiger partial charge is 0.506 e. The molecule has 100 valence electrons. The zero-order valence-corrected chi connectivity index (χ0v) is 11.4. The van der Waals surface area contributed by atoms with Crippen molar-refractivity contribution in [2.75, 3.05) is 0 Å². The number of hydrogen-bond acceptors (Lipinski definition) is 4. The molecule has 0 bridgehead atoms. The van der Waals surface area contributed by atoms with E-state index in [1.165, 1.54) is 29.0 Å². The zero-order valence-electron chi connectivity index (χ0n) is 9.92. The highest BCUT2D eigenvalue weighted by Crippen LogP contribution is 2.32. The Labute approximate surface area is 123 Å². The topological polar surface area (TPSA) is 67.5 Å². The summed E-state index contributed by atoms with van der Waals surface area (Å²) < 4.78 is 1.47. The van der Waals surface area contributed by atoms with E-state index in [-0.39, 0.29) is 26.9 Å². The van der Waals surface area contributed by atoms with Crippen LogP contribution in [0, 0.1) is 0 Å². The highest BCUT2D eigenvalue weighted by molar-refractivity contribution is 6.36. The number of carbonyl (C=O) groups excluding carboxylic acids is 1. The number of halogens is 2. The number of nitrogens with zero attached hydrogens (tertiary/aromatic N) is 3. The molecule has 5 nitrogen and oxygen atoms in total. The van der Waals surface area contributed by atoms with Gasteiger partial charge in [-0.2, -0.15) is 5.10 Å². The van der Waals surface area contributed by atoms with Crippen molar-refractivity contribution in [3.63, 3.8) is 0 Å². The summed E-state index contributed by atoms with van der Waals surface area (Å²) in [6.07, 6.45) is 4.51. The fraction of sp³-hybridized carbons (Fsp3) is 0. The van der Waals surface area contributed by atoms with Gasteiger partial charge in [0.05, 0.1) is 22.3 Å². The summed E-state index contributed by atoms with van der Waals surface area (Å²) in [6, 6.07) is 4.44. The lowest BCUT2D eigenvalue weighted by Crippen LogP contribution is -2.05. The van der Waals surface area contributed by atoms with Crippen LogP contribution in [0.2, 0.25) is 10.0 Å². The maximum Gasteiger partial charge on any atom is 0.199 e. The number of ketones is 1. The molecule has 20 heavy (non-hydrogen) atoms. The molecule has 0 saturated carbocycles. The summed E-state index contributed by atoms with van der Waals surface area (Å²) in [5, 5.41) is 14.2. The van der Waals surface area contributed by atoms with Crippen molar-refractivity contribution in [3.8, 4) is 5.75 Å². The Bertz CT molecular complexity index is 830. The molecule has 0 aliphatic rings. The number of aromatic nitrogens is 3. The van der Waals surface area contributed by atoms with Gasteiger partial charge in [-0.15, -0.1) is 0 Å². The third-order valence-corrected chi connectivity index (χ3v) is 3.29. The van der Waals surface area contributed by atoms with Gasteiger partial charge in [0.15, 0.2) is 11.4 Å². The second-order valence-corrected chi connectivity index (χ2v) is 4.93. The number of rotatable bonds is 2. The number of phenolic OH excluding ortho intramolecular Hbond substituents is 1. The van der Waals surface area contributed by atoms with E-state index in [2.05, 4.69) is 10.1 Å². The summed E-state index contributed by atoms with van der Waals surface area (Å²) in [4.78, 5) is 16.5. The Morgan fingerprint density at radius 2 is 2.10 bits per heavy atom. The molecule has 1 N–H and O–H groups in total. The van der Waals surface area contributed by atoms with Gasteiger partial charge in [-0.25, -0.2) is 9.50 Å². The molecule has 0 atom stereocenters. The summed E-state index contributed by atoms with van der Waals surface area (Å²) >= 11 is 11.7. The quantitative estimate of drug-likeness (QED) is 0.739. The molecular weight excluding hydrogens is 301 g/mol. The lowest BCUT2D eigenvalue weighted by molar-refractivity contribution is 0.103. The lowest BCUT2D eigenvalue weighted by atomic mass is 10.1. The number of phenols is 1. The SMILES string of the molecule is O=C(c1cnc2ccnn2c1)c1cc(Cl)cc(Cl)c1O. The van der Waals surface area contributed by atoms with Gasteiger partial charge in [-0.1, -0.05) is 23.2 Å². The van der Waals surface area contributed by atoms with Crippen molar-refractivity contribution < 1.29 is 9.90 Å². The van der Waals surface area contributed by atoms with Crippen LogP contribution in [0.3, 0.4) is 0 Å². The first kappa shape index (κ1) is 12.9. The Morgan fingerprint density at radius 3 is 2.90 bits per heavy atom. The molecule has 7 heteroatoms. The van der Waals surface area contributed by atoms with E-state index in [0.717, 1.165) is 0 Å². The average molecular weight is 308 g/mol. The van der Waals surface area contributed by atoms with E-state index >= 15 is 0 Å². The van der Waals surface area contributed by atoms with Crippen LogP contribution in [0.5, 0.6) is 5.75 Å². The fourth-order valence-electron chi connectivity index (χ4n) is 1.82. The maximum absolute atomic E-state index is 12.4. The first-order valence-corrected chi connectivity index (χ1v) is 6.34. The van der Waals surface area contributed by atoms with Gasteiger partial charge in [0.25, 0.3) is 0 Å². The van der Waals surface area contributed by atoms with Gasteiger partial charge in [0.1, 0.15) is 5.75 Å². The van der Waals surface area contributed by atoms with E-state index in [9.17, 15) is 9.90 Å². The predicted molar refractivity (Wildman–Crippen MR) is 74.5 cm³/mol. The highest BCUT2D eigenvalue weighted by atomic mass is 35.5. The standard InChI is InChI=1S/C13H7Cl2N3O2/c14-8-3-9(13(20)10(15)4-8)12(19)7-5-16-11-1-2-17-18(11)6-7/h1-6,20H. The Balaban J connectivity index is 2.12. The van der Waals surface area contributed by atoms with E-state index in [1.807, 2.05) is 0 Å². The monoisotopic (exact) mass is 307 g/mol. The smallest absolute Gasteiger partial charge is 0.199 e. The van der Waals surface area contributed by atoms with Crippen molar-refractivity contribution in [2.45, 2.75) is 0 Å². The molecule has 0 unspecified atom stereocenters. The van der Waals surface area contributed by atoms with Gasteiger partial charge in [-0.3, -0.25) is 4.79 Å². The van der Waals surface area contributed by atoms with Crippen LogP contribution >= 0.6 is 23.2 Å². The van der Waals surface area contributed by atoms with E-state index in [1.54, 1.807) is 12.3 Å². The Kier molecular flexibility index (Phi) is 3.08. The minimum atomic E-state index is -0.434. The molecule has 0 aliphatic carbocycles. The van der Waals surface area contributed by atoms with Crippen LogP contribution in [0.15, 0.2) is 36.8 Å². The van der Waals surface area contributed by atoms with Crippen LogP contribution in [-0.4, -0.2) is 25.5 Å². The molecule has 0 spiro atoms. The Morgan fingerprint density at radius 1 is 1.30 bits per heavy atom. The number of benzene rings is 1. The lowest BCUT2D eigenvalue weighted by Gasteiger charge is -2.06. The molecule has 0 aliphatic heterocycles. The van der Waals surface area contributed by atoms with E-state index in [4.69, 9.17) is 23.2 Å². The maximum atomic E-state index is 12.4. The van der Waals surface area contributed by atoms with Gasteiger partial charge >= 0.3 is 0 Å². The molecule has 3 aromatic rings. The van der Waals surface area contributed by atoms with Crippen molar-refractivity contribution in [2.24, 2.45) is 0 Å². The molecule has 0 radical (unpaired) electrons. The zero-order chi connectivity index (χ0) is 14.3. The third kappa shape index (κ3) is 2.11. The van der Waals surface area contributed by atoms with Crippen molar-refractivity contribution in [1.29, 1.82) is 0 Å². The molecule has 0 fully saturated rings. The van der Waals surface area contributed by atoms with Crippen LogP contribution in [0.4, 0.5) is 0 Å². The number of aromatic hydroxyl groups is 1. The second-order valence-electron chi connectivity index (χ2n) is 4.09. The summed E-state index contributed by atoms with van der Waals surface area (Å²) in [6.45, 7) is 0. The Hall–Kier alpha value is -2.11. The fourth-order valence-corrected chi connectivity index (χ4v) is 2.31. The number of carbonyl (C=O) groups is 1. The molecule has 3 rings (SSSR count). The van der Waals surface area contributed by atoms with Crippen molar-refractivity contribution in [1.82, 2.24) is 14.6 Å². The molecule has 2 heterocycles. The molecule has 0 saturated heterocycles. The second kappa shape index (κ2) is 4.77. The van der Waals surface area contributed by atoms with Crippen molar-refractivity contribution in [3.05, 3.63) is 58.0 Å². The first-order valence-electron chi connectivity index (χ1n) is 5.58. The highest BCUT2D eigenvalue weighted by Gasteiger charge is 2.18. The van der Waals surface area contributed by atoms with Crippen LogP contribution in [0.25, 0.3) is 5.65 Å². The van der Waals surface area contributed by atoms with Gasteiger partial charge < -0.3 is 5.11 Å². The summed E-state index contributed by atoms with van der Waals surface area (Å²) in [5.41, 5.74) is 0.917. The van der Waals surface area contributed by atoms with Gasteiger partial charge in [-0.05, 0) is 12.1 Å². The average Bonchev–Trinajstić information content (AvgIpc) is 2.89. The molecular formula is C13H7Cl2N3O2. The van der Waals surface area contributed by atoms with Gasteiger partial charge in [0, 0.05) is 23.5 Å². The van der Waals surface area contributed by atoms with Crippen LogP contribution in [0.1, 0.15) is 15.9 Å². The third-order valence-electron chi connectivity index (χ3n) is 2.78. The number of fused-ring (bicyclic) bond motifs is 1. The molecule has 2 aromatic heterocycles. The predicted octanol–water partition coefficient (Wildman–Crippen LogP) is 2.97. The summed E-state index contributed by atoms with van der Waals surface area (Å²) in [7, 11) is 0. The normalized spacial score (nSPS) is 10.9. The van der Waals surface area contributed by atoms with Gasteiger partial charge in [0.2, 0.25) is 0 Å². The van der Waals surface area contributed by atoms with Crippen LogP contribution < -0.4 is 0 Å². The van der Waals surface area contributed by atoms with Crippen molar-refractivity contribution >= 4 is 34.6 Å². The molecule has 0 amide bonds. The minimum absolute atomic E-state index is 0.0222.